The summed E-state index contributed by atoms with van der Waals surface area (Å²) in [5.74, 6) is -0.268. The van der Waals surface area contributed by atoms with Crippen LogP contribution >= 0.6 is 23.2 Å². The van der Waals surface area contributed by atoms with Crippen LogP contribution in [0.4, 0.5) is 21.7 Å². The number of halogens is 3. The van der Waals surface area contributed by atoms with Crippen molar-refractivity contribution in [2.45, 2.75) is 12.5 Å². The number of fused-ring (bicyclic) bond motifs is 3. The molecule has 2 aromatic carbocycles. The highest BCUT2D eigenvalue weighted by molar-refractivity contribution is 6.41. The summed E-state index contributed by atoms with van der Waals surface area (Å²) in [5, 5.41) is 6.87. The van der Waals surface area contributed by atoms with Gasteiger partial charge >= 0.3 is 0 Å². The number of hydrogen-bond donors (Lipinski definition) is 2. The third kappa shape index (κ3) is 5.43. The molecule has 2 N–H and O–H groups in total. The summed E-state index contributed by atoms with van der Waals surface area (Å²) in [7, 11) is 2.99. The number of pyridine rings is 1. The third-order valence-electron chi connectivity index (χ3n) is 6.99. The van der Waals surface area contributed by atoms with Gasteiger partial charge in [-0.1, -0.05) is 29.8 Å². The minimum absolute atomic E-state index is 0.0241. The number of imidazole rings is 1. The van der Waals surface area contributed by atoms with Crippen LogP contribution in [-0.2, 0) is 9.53 Å². The molecule has 1 fully saturated rings. The molecule has 0 radical (unpaired) electrons. The van der Waals surface area contributed by atoms with Crippen LogP contribution in [0.5, 0.6) is 17.2 Å². The summed E-state index contributed by atoms with van der Waals surface area (Å²) >= 11 is 13.4. The summed E-state index contributed by atoms with van der Waals surface area (Å²) in [6.07, 6.45) is 6.37. The SMILES string of the molecule is C=CC(=O)Nc1cc(OC2CCOC2)c(F)cc1Nc1ncc2cc(-c3c(Cl)c(OC)cc(OC)c3Cl)c3nccn3c2n1. The number of amides is 1. The molecular weight excluding hydrogens is 614 g/mol. The summed E-state index contributed by atoms with van der Waals surface area (Å²) in [6, 6.07) is 6.01. The number of ether oxygens (including phenoxy) is 4. The molecule has 3 aromatic heterocycles. The first-order valence-electron chi connectivity index (χ1n) is 13.3. The molecule has 1 aliphatic heterocycles. The second-order valence-electron chi connectivity index (χ2n) is 9.69. The van der Waals surface area contributed by atoms with E-state index in [1.807, 2.05) is 6.07 Å². The van der Waals surface area contributed by atoms with Crippen LogP contribution in [0.25, 0.3) is 27.8 Å². The molecule has 0 aliphatic carbocycles. The molecule has 0 spiro atoms. The van der Waals surface area contributed by atoms with Crippen molar-refractivity contribution in [3.63, 3.8) is 0 Å². The molecule has 0 bridgehead atoms. The number of benzene rings is 2. The quantitative estimate of drug-likeness (QED) is 0.176. The number of hydrogen-bond acceptors (Lipinski definition) is 9. The Balaban J connectivity index is 1.42. The normalized spacial score (nSPS) is 14.5. The van der Waals surface area contributed by atoms with E-state index < -0.39 is 11.7 Å². The highest BCUT2D eigenvalue weighted by atomic mass is 35.5. The topological polar surface area (TPSA) is 121 Å². The number of rotatable bonds is 9. The van der Waals surface area contributed by atoms with Gasteiger partial charge in [0.25, 0.3) is 0 Å². The van der Waals surface area contributed by atoms with Crippen molar-refractivity contribution in [2.24, 2.45) is 0 Å². The molecule has 4 heterocycles. The van der Waals surface area contributed by atoms with Crippen LogP contribution in [0.15, 0.2) is 55.5 Å². The molecular formula is C30H25Cl2FN6O5. The van der Waals surface area contributed by atoms with Crippen molar-refractivity contribution in [3.05, 3.63) is 71.4 Å². The molecule has 11 nitrogen and oxygen atoms in total. The molecule has 44 heavy (non-hydrogen) atoms. The number of anilines is 3. The van der Waals surface area contributed by atoms with Gasteiger partial charge in [-0.15, -0.1) is 0 Å². The Morgan fingerprint density at radius 2 is 1.86 bits per heavy atom. The van der Waals surface area contributed by atoms with Crippen LogP contribution in [0.2, 0.25) is 10.0 Å². The average Bonchev–Trinajstić information content (AvgIpc) is 3.73. The minimum atomic E-state index is -0.638. The first-order valence-corrected chi connectivity index (χ1v) is 14.1. The molecule has 14 heteroatoms. The maximum absolute atomic E-state index is 15.2. The zero-order chi connectivity index (χ0) is 31.0. The highest BCUT2D eigenvalue weighted by Crippen LogP contribution is 2.47. The zero-order valence-electron chi connectivity index (χ0n) is 23.5. The lowest BCUT2D eigenvalue weighted by atomic mass is 10.0. The second-order valence-corrected chi connectivity index (χ2v) is 10.4. The number of methoxy groups -OCH3 is 2. The van der Waals surface area contributed by atoms with Gasteiger partial charge in [-0.3, -0.25) is 9.20 Å². The molecule has 1 amide bonds. The van der Waals surface area contributed by atoms with Crippen LogP contribution < -0.4 is 24.8 Å². The van der Waals surface area contributed by atoms with E-state index in [4.69, 9.17) is 42.1 Å². The lowest BCUT2D eigenvalue weighted by Crippen LogP contribution is -2.17. The van der Waals surface area contributed by atoms with Crippen LogP contribution in [0.3, 0.4) is 0 Å². The minimum Gasteiger partial charge on any atom is -0.495 e. The molecule has 0 saturated carbocycles. The van der Waals surface area contributed by atoms with E-state index in [9.17, 15) is 4.79 Å². The van der Waals surface area contributed by atoms with Gasteiger partial charge in [-0.25, -0.2) is 14.4 Å². The van der Waals surface area contributed by atoms with Gasteiger partial charge in [-0.2, -0.15) is 4.98 Å². The van der Waals surface area contributed by atoms with Crippen molar-refractivity contribution in [1.82, 2.24) is 19.4 Å². The van der Waals surface area contributed by atoms with Crippen LogP contribution in [-0.4, -0.2) is 58.8 Å². The van der Waals surface area contributed by atoms with Gasteiger partial charge in [0.15, 0.2) is 17.2 Å². The maximum atomic E-state index is 15.2. The molecule has 226 valence electrons. The average molecular weight is 639 g/mol. The Kier molecular flexibility index (Phi) is 8.13. The lowest BCUT2D eigenvalue weighted by Gasteiger charge is -2.18. The predicted octanol–water partition coefficient (Wildman–Crippen LogP) is 6.44. The number of nitrogens with zero attached hydrogens (tertiary/aromatic N) is 4. The summed E-state index contributed by atoms with van der Waals surface area (Å²) in [4.78, 5) is 25.9. The van der Waals surface area contributed by atoms with E-state index in [1.165, 1.54) is 26.4 Å². The highest BCUT2D eigenvalue weighted by Gasteiger charge is 2.24. The molecule has 1 atom stereocenters. The van der Waals surface area contributed by atoms with Crippen molar-refractivity contribution in [1.29, 1.82) is 0 Å². The first-order chi connectivity index (χ1) is 21.3. The Hall–Kier alpha value is -4.65. The van der Waals surface area contributed by atoms with Gasteiger partial charge in [0, 0.05) is 59.7 Å². The van der Waals surface area contributed by atoms with Gasteiger partial charge in [0.1, 0.15) is 23.3 Å². The smallest absolute Gasteiger partial charge is 0.247 e. The number of aromatic nitrogens is 4. The van der Waals surface area contributed by atoms with E-state index >= 15 is 4.39 Å². The number of carbonyl (C=O) groups excluding carboxylic acids is 1. The largest absolute Gasteiger partial charge is 0.495 e. The lowest BCUT2D eigenvalue weighted by molar-refractivity contribution is -0.111. The molecule has 6 rings (SSSR count). The van der Waals surface area contributed by atoms with Gasteiger partial charge in [0.05, 0.1) is 48.9 Å². The van der Waals surface area contributed by atoms with Crippen LogP contribution in [0, 0.1) is 5.82 Å². The molecule has 1 aliphatic rings. The second kappa shape index (κ2) is 12.2. The van der Waals surface area contributed by atoms with Crippen molar-refractivity contribution < 1.29 is 28.1 Å². The fraction of sp³-hybridized carbons (Fsp3) is 0.200. The van der Waals surface area contributed by atoms with E-state index in [1.54, 1.807) is 29.1 Å². The third-order valence-corrected chi connectivity index (χ3v) is 7.74. The maximum Gasteiger partial charge on any atom is 0.247 e. The van der Waals surface area contributed by atoms with Gasteiger partial charge < -0.3 is 29.6 Å². The number of nitrogens with one attached hydrogen (secondary N) is 2. The van der Waals surface area contributed by atoms with Gasteiger partial charge in [0.2, 0.25) is 11.9 Å². The van der Waals surface area contributed by atoms with E-state index in [2.05, 4.69) is 32.2 Å². The number of carbonyl (C=O) groups is 1. The van der Waals surface area contributed by atoms with Gasteiger partial charge in [-0.05, 0) is 12.1 Å². The summed E-state index contributed by atoms with van der Waals surface area (Å²) in [5.41, 5.74) is 2.50. The first kappa shape index (κ1) is 29.4. The Morgan fingerprint density at radius 3 is 2.55 bits per heavy atom. The van der Waals surface area contributed by atoms with E-state index in [-0.39, 0.29) is 39.2 Å². The summed E-state index contributed by atoms with van der Waals surface area (Å²) in [6.45, 7) is 4.38. The fourth-order valence-electron chi connectivity index (χ4n) is 4.88. The Morgan fingerprint density at radius 1 is 1.09 bits per heavy atom. The van der Waals surface area contributed by atoms with Crippen LogP contribution in [0.1, 0.15) is 6.42 Å². The Labute approximate surface area is 260 Å². The predicted molar refractivity (Wildman–Crippen MR) is 165 cm³/mol. The standard InChI is InChI=1S/C30H25Cl2FN6O5/c1-4-24(40)36-20-11-21(44-16-5-8-43-14-16)18(33)10-19(20)37-30-35-13-15-9-17(29-34-6-7-39(29)28(15)38-30)25-26(31)22(41-2)12-23(42-3)27(25)32/h4,6-7,9-13,16H,1,5,8,14H2,2-3H3,(H,36,40)(H,35,37,38). The Bertz CT molecular complexity index is 1900. The van der Waals surface area contributed by atoms with E-state index in [0.717, 1.165) is 6.08 Å². The fourth-order valence-corrected chi connectivity index (χ4v) is 5.58. The molecule has 1 saturated heterocycles. The molecule has 5 aromatic rings. The summed E-state index contributed by atoms with van der Waals surface area (Å²) < 4.78 is 38.9. The van der Waals surface area contributed by atoms with Crippen molar-refractivity contribution >= 4 is 63.1 Å². The van der Waals surface area contributed by atoms with E-state index in [0.29, 0.717) is 58.9 Å². The zero-order valence-corrected chi connectivity index (χ0v) is 25.0. The monoisotopic (exact) mass is 638 g/mol. The van der Waals surface area contributed by atoms with Crippen molar-refractivity contribution in [2.75, 3.05) is 38.1 Å². The molecule has 1 unspecified atom stereocenters. The van der Waals surface area contributed by atoms with Crippen molar-refractivity contribution in [3.8, 4) is 28.4 Å².